The Labute approximate surface area is 153 Å². The lowest BCUT2D eigenvalue weighted by Crippen LogP contribution is -2.25. The van der Waals surface area contributed by atoms with Crippen molar-refractivity contribution in [1.29, 1.82) is 0 Å². The molecule has 4 heteroatoms. The molecule has 0 atom stereocenters. The number of hydrogen-bond acceptors (Lipinski definition) is 3. The van der Waals surface area contributed by atoms with Gasteiger partial charge in [0.15, 0.2) is 6.61 Å². The number of nitrogens with zero attached hydrogens (tertiary/aromatic N) is 1. The van der Waals surface area contributed by atoms with Gasteiger partial charge >= 0.3 is 0 Å². The molecule has 3 aromatic carbocycles. The molecule has 0 saturated carbocycles. The highest BCUT2D eigenvalue weighted by atomic mass is 16.5. The van der Waals surface area contributed by atoms with E-state index in [2.05, 4.69) is 10.5 Å². The minimum atomic E-state index is -0.290. The number of rotatable bonds is 5. The van der Waals surface area contributed by atoms with E-state index in [1.54, 1.807) is 6.21 Å². The summed E-state index contributed by atoms with van der Waals surface area (Å²) in [5.74, 6) is 0.472. The summed E-state index contributed by atoms with van der Waals surface area (Å²) < 4.78 is 5.70. The first kappa shape index (κ1) is 17.7. The number of hydrogen-bond donors (Lipinski definition) is 1. The molecule has 132 valence electrons. The van der Waals surface area contributed by atoms with Gasteiger partial charge in [0.05, 0.1) is 6.21 Å². The van der Waals surface area contributed by atoms with Crippen LogP contribution in [0.1, 0.15) is 22.3 Å². The summed E-state index contributed by atoms with van der Waals surface area (Å²) in [6.07, 6.45) is 1.66. The molecule has 0 spiro atoms. The fourth-order valence-corrected chi connectivity index (χ4v) is 2.85. The van der Waals surface area contributed by atoms with Crippen molar-refractivity contribution < 1.29 is 9.53 Å². The number of fused-ring (bicyclic) bond motifs is 1. The van der Waals surface area contributed by atoms with Crippen molar-refractivity contribution in [3.63, 3.8) is 0 Å². The molecule has 0 aliphatic heterocycles. The lowest BCUT2D eigenvalue weighted by Gasteiger charge is -2.13. The second-order valence-electron chi connectivity index (χ2n) is 6.30. The highest BCUT2D eigenvalue weighted by molar-refractivity contribution is 5.99. The summed E-state index contributed by atoms with van der Waals surface area (Å²) in [6.45, 7) is 5.92. The van der Waals surface area contributed by atoms with Crippen LogP contribution >= 0.6 is 0 Å². The summed E-state index contributed by atoms with van der Waals surface area (Å²) >= 11 is 0. The monoisotopic (exact) mass is 346 g/mol. The second-order valence-corrected chi connectivity index (χ2v) is 6.30. The Morgan fingerprint density at radius 3 is 2.58 bits per heavy atom. The van der Waals surface area contributed by atoms with Crippen LogP contribution < -0.4 is 10.2 Å². The van der Waals surface area contributed by atoms with Gasteiger partial charge in [-0.05, 0) is 48.2 Å². The molecule has 0 unspecified atom stereocenters. The lowest BCUT2D eigenvalue weighted by molar-refractivity contribution is -0.123. The van der Waals surface area contributed by atoms with Crippen LogP contribution in [0.5, 0.6) is 5.75 Å². The predicted octanol–water partition coefficient (Wildman–Crippen LogP) is 4.29. The summed E-state index contributed by atoms with van der Waals surface area (Å²) in [7, 11) is 0. The summed E-state index contributed by atoms with van der Waals surface area (Å²) in [5.41, 5.74) is 6.68. The number of nitrogens with one attached hydrogen (secondary N) is 1. The molecule has 1 amide bonds. The Bertz CT molecular complexity index is 972. The Hall–Kier alpha value is -3.14. The van der Waals surface area contributed by atoms with E-state index < -0.39 is 0 Å². The zero-order chi connectivity index (χ0) is 18.5. The van der Waals surface area contributed by atoms with Gasteiger partial charge in [0.1, 0.15) is 5.75 Å². The van der Waals surface area contributed by atoms with E-state index in [-0.39, 0.29) is 12.5 Å². The van der Waals surface area contributed by atoms with Crippen LogP contribution in [0.3, 0.4) is 0 Å². The Balaban J connectivity index is 1.62. The summed E-state index contributed by atoms with van der Waals surface area (Å²) in [5, 5.41) is 6.29. The molecule has 0 heterocycles. The summed E-state index contributed by atoms with van der Waals surface area (Å²) in [6, 6.07) is 18.1. The normalized spacial score (nSPS) is 11.0. The standard InChI is InChI=1S/C22H22N2O2/c1-15-11-12-16(2)22(17(15)3)26-14-21(25)24-23-13-19-9-6-8-18-7-4-5-10-20(18)19/h4-13H,14H2,1-3H3,(H,24,25)/b23-13-. The van der Waals surface area contributed by atoms with Crippen LogP contribution in [0.15, 0.2) is 59.7 Å². The lowest BCUT2D eigenvalue weighted by atomic mass is 10.1. The first-order valence-corrected chi connectivity index (χ1v) is 8.55. The molecule has 3 aromatic rings. The third kappa shape index (κ3) is 3.91. The summed E-state index contributed by atoms with van der Waals surface area (Å²) in [4.78, 5) is 12.0. The minimum absolute atomic E-state index is 0.0714. The van der Waals surface area contributed by atoms with E-state index in [9.17, 15) is 4.79 Å². The molecule has 0 aliphatic rings. The Morgan fingerprint density at radius 1 is 1.00 bits per heavy atom. The third-order valence-electron chi connectivity index (χ3n) is 4.44. The first-order chi connectivity index (χ1) is 12.6. The number of carbonyl (C=O) groups is 1. The maximum Gasteiger partial charge on any atom is 0.277 e. The van der Waals surface area contributed by atoms with Gasteiger partial charge in [0.2, 0.25) is 0 Å². The number of amides is 1. The average molecular weight is 346 g/mol. The fraction of sp³-hybridized carbons (Fsp3) is 0.182. The molecule has 0 bridgehead atoms. The van der Waals surface area contributed by atoms with Crippen molar-refractivity contribution in [3.05, 3.63) is 76.9 Å². The predicted molar refractivity (Wildman–Crippen MR) is 106 cm³/mol. The molecular formula is C22H22N2O2. The molecule has 0 aromatic heterocycles. The van der Waals surface area contributed by atoms with Gasteiger partial charge in [-0.15, -0.1) is 0 Å². The van der Waals surface area contributed by atoms with Crippen molar-refractivity contribution in [3.8, 4) is 5.75 Å². The van der Waals surface area contributed by atoms with Crippen molar-refractivity contribution in [2.45, 2.75) is 20.8 Å². The number of ether oxygens (including phenoxy) is 1. The van der Waals surface area contributed by atoms with E-state index in [1.807, 2.05) is 75.4 Å². The number of hydrazone groups is 1. The first-order valence-electron chi connectivity index (χ1n) is 8.55. The SMILES string of the molecule is Cc1ccc(C)c(OCC(=O)N/N=C\c2cccc3ccccc23)c1C. The molecule has 4 nitrogen and oxygen atoms in total. The van der Waals surface area contributed by atoms with Crippen LogP contribution in [-0.2, 0) is 4.79 Å². The van der Waals surface area contributed by atoms with Crippen LogP contribution in [-0.4, -0.2) is 18.7 Å². The number of benzene rings is 3. The van der Waals surface area contributed by atoms with Gasteiger partial charge < -0.3 is 4.74 Å². The van der Waals surface area contributed by atoms with E-state index in [0.29, 0.717) is 0 Å². The molecule has 26 heavy (non-hydrogen) atoms. The quantitative estimate of drug-likeness (QED) is 0.553. The van der Waals surface area contributed by atoms with Crippen LogP contribution in [0.25, 0.3) is 10.8 Å². The fourth-order valence-electron chi connectivity index (χ4n) is 2.85. The molecule has 0 saturated heterocycles. The van der Waals surface area contributed by atoms with E-state index in [0.717, 1.165) is 38.8 Å². The van der Waals surface area contributed by atoms with Gasteiger partial charge in [-0.3, -0.25) is 4.79 Å². The highest BCUT2D eigenvalue weighted by Gasteiger charge is 2.08. The van der Waals surface area contributed by atoms with Gasteiger partial charge in [0, 0.05) is 5.56 Å². The van der Waals surface area contributed by atoms with Crippen molar-refractivity contribution >= 4 is 22.9 Å². The Kier molecular flexibility index (Phi) is 5.32. The smallest absolute Gasteiger partial charge is 0.277 e. The van der Waals surface area contributed by atoms with Crippen LogP contribution in [0, 0.1) is 20.8 Å². The number of aryl methyl sites for hydroxylation is 2. The van der Waals surface area contributed by atoms with E-state index in [1.165, 1.54) is 0 Å². The molecule has 0 radical (unpaired) electrons. The van der Waals surface area contributed by atoms with Gasteiger partial charge in [-0.25, -0.2) is 5.43 Å². The van der Waals surface area contributed by atoms with Crippen LogP contribution in [0.2, 0.25) is 0 Å². The van der Waals surface area contributed by atoms with E-state index >= 15 is 0 Å². The minimum Gasteiger partial charge on any atom is -0.483 e. The van der Waals surface area contributed by atoms with Crippen molar-refractivity contribution in [2.24, 2.45) is 5.10 Å². The largest absolute Gasteiger partial charge is 0.483 e. The molecule has 0 aliphatic carbocycles. The van der Waals surface area contributed by atoms with Crippen molar-refractivity contribution in [2.75, 3.05) is 6.61 Å². The van der Waals surface area contributed by atoms with Crippen molar-refractivity contribution in [1.82, 2.24) is 5.43 Å². The third-order valence-corrected chi connectivity index (χ3v) is 4.44. The molecule has 1 N–H and O–H groups in total. The van der Waals surface area contributed by atoms with Crippen LogP contribution in [0.4, 0.5) is 0 Å². The molecule has 3 rings (SSSR count). The molecule has 0 fully saturated rings. The number of carbonyl (C=O) groups excluding carboxylic acids is 1. The maximum atomic E-state index is 12.0. The topological polar surface area (TPSA) is 50.7 Å². The Morgan fingerprint density at radius 2 is 1.73 bits per heavy atom. The average Bonchev–Trinajstić information content (AvgIpc) is 2.65. The zero-order valence-corrected chi connectivity index (χ0v) is 15.2. The van der Waals surface area contributed by atoms with Gasteiger partial charge in [-0.1, -0.05) is 54.6 Å². The second kappa shape index (κ2) is 7.83. The van der Waals surface area contributed by atoms with E-state index in [4.69, 9.17) is 4.74 Å². The van der Waals surface area contributed by atoms with Gasteiger partial charge in [-0.2, -0.15) is 5.10 Å². The molecular weight excluding hydrogens is 324 g/mol. The zero-order valence-electron chi connectivity index (χ0n) is 15.2. The highest BCUT2D eigenvalue weighted by Crippen LogP contribution is 2.25. The van der Waals surface area contributed by atoms with Gasteiger partial charge in [0.25, 0.3) is 5.91 Å². The maximum absolute atomic E-state index is 12.0.